The van der Waals surface area contributed by atoms with Crippen LogP contribution in [0.3, 0.4) is 0 Å². The van der Waals surface area contributed by atoms with E-state index in [1.54, 1.807) is 0 Å². The fourth-order valence-corrected chi connectivity index (χ4v) is 2.56. The van der Waals surface area contributed by atoms with Crippen LogP contribution in [0.4, 0.5) is 0 Å². The quantitative estimate of drug-likeness (QED) is 0.811. The first-order chi connectivity index (χ1) is 7.30. The number of hydrogen-bond donors (Lipinski definition) is 1. The molecule has 80 valence electrons. The summed E-state index contributed by atoms with van der Waals surface area (Å²) in [5.74, 6) is 0. The van der Waals surface area contributed by atoms with Crippen molar-refractivity contribution in [3.63, 3.8) is 0 Å². The predicted octanol–water partition coefficient (Wildman–Crippen LogP) is 1.92. The second-order valence-corrected chi connectivity index (χ2v) is 4.94. The van der Waals surface area contributed by atoms with Gasteiger partial charge < -0.3 is 5.73 Å². The Morgan fingerprint density at radius 3 is 2.27 bits per heavy atom. The van der Waals surface area contributed by atoms with Crippen LogP contribution >= 0.6 is 0 Å². The van der Waals surface area contributed by atoms with Gasteiger partial charge in [0.1, 0.15) is 0 Å². The van der Waals surface area contributed by atoms with Crippen LogP contribution in [-0.4, -0.2) is 23.5 Å². The van der Waals surface area contributed by atoms with Crippen LogP contribution in [-0.2, 0) is 0 Å². The molecule has 2 aliphatic rings. The Kier molecular flexibility index (Phi) is 2.08. The maximum absolute atomic E-state index is 6.39. The average Bonchev–Trinajstić information content (AvgIpc) is 2.92. The number of benzene rings is 1. The zero-order valence-electron chi connectivity index (χ0n) is 9.02. The van der Waals surface area contributed by atoms with E-state index in [0.29, 0.717) is 6.04 Å². The zero-order valence-corrected chi connectivity index (χ0v) is 9.02. The first-order valence-electron chi connectivity index (χ1n) is 5.87. The summed E-state index contributed by atoms with van der Waals surface area (Å²) >= 11 is 0. The van der Waals surface area contributed by atoms with E-state index < -0.39 is 0 Å². The molecule has 1 aliphatic heterocycles. The molecular weight excluding hydrogens is 184 g/mol. The lowest BCUT2D eigenvalue weighted by molar-refractivity contribution is 0.0931. The van der Waals surface area contributed by atoms with Crippen molar-refractivity contribution in [2.75, 3.05) is 13.1 Å². The van der Waals surface area contributed by atoms with Crippen LogP contribution in [0.25, 0.3) is 0 Å². The molecule has 1 aliphatic carbocycles. The van der Waals surface area contributed by atoms with Crippen LogP contribution in [0.2, 0.25) is 0 Å². The van der Waals surface area contributed by atoms with Crippen molar-refractivity contribution < 1.29 is 0 Å². The number of hydrogen-bond acceptors (Lipinski definition) is 2. The molecule has 1 atom stereocenters. The number of likely N-dealkylation sites (tertiary alicyclic amines) is 1. The van der Waals surface area contributed by atoms with Gasteiger partial charge >= 0.3 is 0 Å². The lowest BCUT2D eigenvalue weighted by atomic mass is 9.93. The standard InChI is InChI=1S/C13H18N2/c14-13(7-8-13)12(15-9-4-10-15)11-5-2-1-3-6-11/h1-3,5-6,12H,4,7-10,14H2. The van der Waals surface area contributed by atoms with E-state index in [0.717, 1.165) is 0 Å². The van der Waals surface area contributed by atoms with Crippen molar-refractivity contribution in [1.82, 2.24) is 4.90 Å². The van der Waals surface area contributed by atoms with Crippen molar-refractivity contribution in [3.8, 4) is 0 Å². The highest BCUT2D eigenvalue weighted by Gasteiger charge is 2.49. The normalized spacial score (nSPS) is 25.7. The Bertz CT molecular complexity index is 339. The smallest absolute Gasteiger partial charge is 0.0528 e. The summed E-state index contributed by atoms with van der Waals surface area (Å²) in [6, 6.07) is 11.2. The second kappa shape index (κ2) is 3.32. The van der Waals surface area contributed by atoms with Gasteiger partial charge in [-0.05, 0) is 24.8 Å². The molecular formula is C13H18N2. The molecule has 15 heavy (non-hydrogen) atoms. The maximum Gasteiger partial charge on any atom is 0.0528 e. The monoisotopic (exact) mass is 202 g/mol. The Morgan fingerprint density at radius 1 is 1.13 bits per heavy atom. The van der Waals surface area contributed by atoms with Gasteiger partial charge in [0.2, 0.25) is 0 Å². The van der Waals surface area contributed by atoms with Crippen molar-refractivity contribution in [1.29, 1.82) is 0 Å². The minimum atomic E-state index is 0.0712. The Hall–Kier alpha value is -0.860. The van der Waals surface area contributed by atoms with Crippen molar-refractivity contribution in [2.45, 2.75) is 30.8 Å². The van der Waals surface area contributed by atoms with E-state index in [1.165, 1.54) is 37.9 Å². The summed E-state index contributed by atoms with van der Waals surface area (Å²) in [6.07, 6.45) is 3.70. The van der Waals surface area contributed by atoms with Gasteiger partial charge in [-0.15, -0.1) is 0 Å². The Morgan fingerprint density at radius 2 is 1.80 bits per heavy atom. The van der Waals surface area contributed by atoms with Gasteiger partial charge in [0.15, 0.2) is 0 Å². The SMILES string of the molecule is NC1(C(c2ccccc2)N2CCC2)CC1. The van der Waals surface area contributed by atoms with Gasteiger partial charge in [0.25, 0.3) is 0 Å². The van der Waals surface area contributed by atoms with Gasteiger partial charge in [-0.3, -0.25) is 4.90 Å². The number of rotatable bonds is 3. The fraction of sp³-hybridized carbons (Fsp3) is 0.538. The second-order valence-electron chi connectivity index (χ2n) is 4.94. The first kappa shape index (κ1) is 9.37. The molecule has 0 amide bonds. The highest BCUT2D eigenvalue weighted by atomic mass is 15.2. The Labute approximate surface area is 91.1 Å². The lowest BCUT2D eigenvalue weighted by Crippen LogP contribution is -2.49. The van der Waals surface area contributed by atoms with Crippen LogP contribution in [0, 0.1) is 0 Å². The largest absolute Gasteiger partial charge is 0.323 e. The topological polar surface area (TPSA) is 29.3 Å². The van der Waals surface area contributed by atoms with Crippen LogP contribution < -0.4 is 5.73 Å². The van der Waals surface area contributed by atoms with Gasteiger partial charge in [-0.1, -0.05) is 30.3 Å². The average molecular weight is 202 g/mol. The van der Waals surface area contributed by atoms with E-state index in [2.05, 4.69) is 35.2 Å². The summed E-state index contributed by atoms with van der Waals surface area (Å²) in [7, 11) is 0. The molecule has 3 rings (SSSR count). The molecule has 1 heterocycles. The van der Waals surface area contributed by atoms with E-state index in [1.807, 2.05) is 0 Å². The van der Waals surface area contributed by atoms with E-state index in [-0.39, 0.29) is 5.54 Å². The summed E-state index contributed by atoms with van der Waals surface area (Å²) in [6.45, 7) is 2.44. The van der Waals surface area contributed by atoms with Gasteiger partial charge in [-0.25, -0.2) is 0 Å². The van der Waals surface area contributed by atoms with E-state index in [9.17, 15) is 0 Å². The molecule has 2 N–H and O–H groups in total. The summed E-state index contributed by atoms with van der Waals surface area (Å²) < 4.78 is 0. The minimum Gasteiger partial charge on any atom is -0.323 e. The molecule has 2 fully saturated rings. The molecule has 1 aromatic rings. The number of nitrogens with two attached hydrogens (primary N) is 1. The third-order valence-electron chi connectivity index (χ3n) is 3.74. The highest BCUT2D eigenvalue weighted by Crippen LogP contribution is 2.47. The highest BCUT2D eigenvalue weighted by molar-refractivity contribution is 5.27. The molecule has 0 radical (unpaired) electrons. The van der Waals surface area contributed by atoms with E-state index in [4.69, 9.17) is 5.73 Å². The summed E-state index contributed by atoms with van der Waals surface area (Å²) in [4.78, 5) is 2.53. The van der Waals surface area contributed by atoms with Crippen molar-refractivity contribution in [2.24, 2.45) is 5.73 Å². The fourth-order valence-electron chi connectivity index (χ4n) is 2.56. The molecule has 1 aromatic carbocycles. The molecule has 2 heteroatoms. The number of nitrogens with zero attached hydrogens (tertiary/aromatic N) is 1. The van der Waals surface area contributed by atoms with Gasteiger partial charge in [0.05, 0.1) is 6.04 Å². The predicted molar refractivity (Wildman–Crippen MR) is 61.5 cm³/mol. The zero-order chi connectivity index (χ0) is 10.3. The van der Waals surface area contributed by atoms with Crippen LogP contribution in [0.1, 0.15) is 30.9 Å². The summed E-state index contributed by atoms with van der Waals surface area (Å²) in [5.41, 5.74) is 7.86. The molecule has 0 bridgehead atoms. The first-order valence-corrected chi connectivity index (χ1v) is 5.87. The van der Waals surface area contributed by atoms with Crippen LogP contribution in [0.5, 0.6) is 0 Å². The molecule has 1 saturated carbocycles. The van der Waals surface area contributed by atoms with Crippen molar-refractivity contribution in [3.05, 3.63) is 35.9 Å². The molecule has 2 nitrogen and oxygen atoms in total. The summed E-state index contributed by atoms with van der Waals surface area (Å²) in [5, 5.41) is 0. The van der Waals surface area contributed by atoms with E-state index >= 15 is 0 Å². The minimum absolute atomic E-state index is 0.0712. The third-order valence-corrected chi connectivity index (χ3v) is 3.74. The molecule has 1 unspecified atom stereocenters. The Balaban J connectivity index is 1.90. The maximum atomic E-state index is 6.39. The molecule has 1 saturated heterocycles. The van der Waals surface area contributed by atoms with Crippen molar-refractivity contribution >= 4 is 0 Å². The molecule has 0 spiro atoms. The molecule has 0 aromatic heterocycles. The van der Waals surface area contributed by atoms with Gasteiger partial charge in [0, 0.05) is 18.6 Å². The lowest BCUT2D eigenvalue weighted by Gasteiger charge is -2.42. The third kappa shape index (κ3) is 1.58. The van der Waals surface area contributed by atoms with Gasteiger partial charge in [-0.2, -0.15) is 0 Å². The van der Waals surface area contributed by atoms with Crippen LogP contribution in [0.15, 0.2) is 30.3 Å².